The monoisotopic (exact) mass is 400 g/mol. The van der Waals surface area contributed by atoms with Crippen LogP contribution in [0.5, 0.6) is 11.5 Å². The smallest absolute Gasteiger partial charge is 0.231 e. The second kappa shape index (κ2) is 7.48. The molecule has 0 unspecified atom stereocenters. The average molecular weight is 400 g/mol. The van der Waals surface area contributed by atoms with Crippen LogP contribution in [0.2, 0.25) is 0 Å². The molecule has 1 aliphatic heterocycles. The summed E-state index contributed by atoms with van der Waals surface area (Å²) < 4.78 is 10.9. The van der Waals surface area contributed by atoms with Crippen LogP contribution in [0.1, 0.15) is 36.5 Å². The molecular weight excluding hydrogens is 376 g/mol. The lowest BCUT2D eigenvalue weighted by Crippen LogP contribution is -2.22. The van der Waals surface area contributed by atoms with Gasteiger partial charge in [0.2, 0.25) is 6.79 Å². The molecular formula is C25H24N2O3. The van der Waals surface area contributed by atoms with Crippen molar-refractivity contribution >= 4 is 17.3 Å². The summed E-state index contributed by atoms with van der Waals surface area (Å²) in [5.41, 5.74) is 3.88. The highest BCUT2D eigenvalue weighted by molar-refractivity contribution is 5.94. The van der Waals surface area contributed by atoms with Crippen LogP contribution >= 0.6 is 0 Å². The van der Waals surface area contributed by atoms with E-state index in [4.69, 9.17) is 9.47 Å². The number of aromatic nitrogens is 1. The number of ether oxygens (including phenoxy) is 2. The Kier molecular flexibility index (Phi) is 4.66. The number of benzene rings is 2. The molecule has 5 nitrogen and oxygen atoms in total. The normalized spacial score (nSPS) is 15.6. The summed E-state index contributed by atoms with van der Waals surface area (Å²) in [4.78, 5) is 17.7. The molecule has 0 bridgehead atoms. The number of hydrogen-bond donors (Lipinski definition) is 1. The first-order valence-electron chi connectivity index (χ1n) is 10.4. The van der Waals surface area contributed by atoms with Crippen LogP contribution in [0.15, 0.2) is 60.8 Å². The predicted octanol–water partition coefficient (Wildman–Crippen LogP) is 4.96. The first-order valence-corrected chi connectivity index (χ1v) is 10.4. The highest BCUT2D eigenvalue weighted by Crippen LogP contribution is 2.51. The lowest BCUT2D eigenvalue weighted by Gasteiger charge is -2.15. The van der Waals surface area contributed by atoms with Crippen molar-refractivity contribution in [3.05, 3.63) is 77.5 Å². The van der Waals surface area contributed by atoms with E-state index >= 15 is 0 Å². The first kappa shape index (κ1) is 18.7. The molecule has 0 amide bonds. The second-order valence-electron chi connectivity index (χ2n) is 7.94. The van der Waals surface area contributed by atoms with Crippen molar-refractivity contribution in [2.24, 2.45) is 0 Å². The summed E-state index contributed by atoms with van der Waals surface area (Å²) in [6.45, 7) is 2.38. The van der Waals surface area contributed by atoms with Gasteiger partial charge in [0.1, 0.15) is 11.6 Å². The molecule has 2 heterocycles. The first-order chi connectivity index (χ1) is 14.7. The van der Waals surface area contributed by atoms with E-state index in [1.165, 1.54) is 5.56 Å². The van der Waals surface area contributed by atoms with Crippen LogP contribution in [-0.4, -0.2) is 17.6 Å². The molecule has 1 aliphatic carbocycles. The number of Topliss-reactive ketones (excluding diaryl/α,β-unsaturated/α-hetero) is 1. The molecule has 0 radical (unpaired) electrons. The van der Waals surface area contributed by atoms with Crippen molar-refractivity contribution in [3.63, 3.8) is 0 Å². The predicted molar refractivity (Wildman–Crippen MR) is 116 cm³/mol. The Hall–Kier alpha value is -3.34. The molecule has 1 N–H and O–H groups in total. The van der Waals surface area contributed by atoms with Gasteiger partial charge in [0.15, 0.2) is 11.5 Å². The van der Waals surface area contributed by atoms with Crippen molar-refractivity contribution in [2.75, 3.05) is 12.1 Å². The fraction of sp³-hybridized carbons (Fsp3) is 0.280. The van der Waals surface area contributed by atoms with Gasteiger partial charge in [0, 0.05) is 18.3 Å². The Morgan fingerprint density at radius 2 is 1.90 bits per heavy atom. The van der Waals surface area contributed by atoms with E-state index < -0.39 is 5.41 Å². The maximum atomic E-state index is 13.1. The minimum Gasteiger partial charge on any atom is -0.454 e. The van der Waals surface area contributed by atoms with Crippen molar-refractivity contribution in [1.29, 1.82) is 0 Å². The van der Waals surface area contributed by atoms with Crippen LogP contribution in [0.25, 0.3) is 0 Å². The van der Waals surface area contributed by atoms with E-state index in [0.717, 1.165) is 53.4 Å². The third-order valence-corrected chi connectivity index (χ3v) is 6.06. The van der Waals surface area contributed by atoms with Crippen LogP contribution < -0.4 is 14.8 Å². The van der Waals surface area contributed by atoms with Gasteiger partial charge < -0.3 is 14.8 Å². The molecule has 5 rings (SSSR count). The number of hydrogen-bond acceptors (Lipinski definition) is 5. The SMILES string of the molecule is CCc1ccccc1Nc1ccc(CC(=O)C2(c3ccc4c(c3)OCO4)CC2)cn1. The molecule has 1 aromatic heterocycles. The Labute approximate surface area is 176 Å². The number of pyridine rings is 1. The molecule has 2 aliphatic rings. The maximum absolute atomic E-state index is 13.1. The number of nitrogens with zero attached hydrogens (tertiary/aromatic N) is 1. The molecule has 30 heavy (non-hydrogen) atoms. The highest BCUT2D eigenvalue weighted by Gasteiger charge is 2.50. The summed E-state index contributed by atoms with van der Waals surface area (Å²) in [7, 11) is 0. The van der Waals surface area contributed by atoms with Gasteiger partial charge in [-0.2, -0.15) is 0 Å². The summed E-state index contributed by atoms with van der Waals surface area (Å²) in [6, 6.07) is 18.0. The average Bonchev–Trinajstić information content (AvgIpc) is 3.46. The number of anilines is 2. The van der Waals surface area contributed by atoms with E-state index in [0.29, 0.717) is 6.42 Å². The molecule has 0 atom stereocenters. The molecule has 3 aromatic rings. The van der Waals surface area contributed by atoms with Gasteiger partial charge >= 0.3 is 0 Å². The van der Waals surface area contributed by atoms with Crippen LogP contribution in [0.4, 0.5) is 11.5 Å². The van der Waals surface area contributed by atoms with Crippen LogP contribution in [-0.2, 0) is 23.1 Å². The van der Waals surface area contributed by atoms with Gasteiger partial charge in [-0.05, 0) is 60.2 Å². The van der Waals surface area contributed by atoms with Gasteiger partial charge in [-0.15, -0.1) is 0 Å². The fourth-order valence-corrected chi connectivity index (χ4v) is 4.09. The van der Waals surface area contributed by atoms with E-state index in [1.54, 1.807) is 6.20 Å². The van der Waals surface area contributed by atoms with E-state index in [9.17, 15) is 4.79 Å². The molecule has 2 aromatic carbocycles. The Bertz CT molecular complexity index is 1090. The zero-order chi connectivity index (χ0) is 20.6. The van der Waals surface area contributed by atoms with E-state index in [1.807, 2.05) is 42.5 Å². The molecule has 0 spiro atoms. The second-order valence-corrected chi connectivity index (χ2v) is 7.94. The van der Waals surface area contributed by atoms with E-state index in [2.05, 4.69) is 29.4 Å². The third kappa shape index (κ3) is 3.41. The van der Waals surface area contributed by atoms with Crippen LogP contribution in [0.3, 0.4) is 0 Å². The van der Waals surface area contributed by atoms with Crippen molar-refractivity contribution < 1.29 is 14.3 Å². The summed E-state index contributed by atoms with van der Waals surface area (Å²) in [5.74, 6) is 2.50. The highest BCUT2D eigenvalue weighted by atomic mass is 16.7. The van der Waals surface area contributed by atoms with Crippen molar-refractivity contribution in [3.8, 4) is 11.5 Å². The maximum Gasteiger partial charge on any atom is 0.231 e. The number of ketones is 1. The van der Waals surface area contributed by atoms with Crippen molar-refractivity contribution in [1.82, 2.24) is 4.98 Å². The lowest BCUT2D eigenvalue weighted by molar-refractivity contribution is -0.120. The van der Waals surface area contributed by atoms with Gasteiger partial charge in [-0.1, -0.05) is 37.3 Å². The number of para-hydroxylation sites is 1. The zero-order valence-electron chi connectivity index (χ0n) is 17.0. The topological polar surface area (TPSA) is 60.5 Å². The number of nitrogens with one attached hydrogen (secondary N) is 1. The van der Waals surface area contributed by atoms with Crippen LogP contribution in [0, 0.1) is 0 Å². The van der Waals surface area contributed by atoms with Gasteiger partial charge in [-0.25, -0.2) is 4.98 Å². The van der Waals surface area contributed by atoms with Crippen molar-refractivity contribution in [2.45, 2.75) is 38.0 Å². The van der Waals surface area contributed by atoms with Gasteiger partial charge in [-0.3, -0.25) is 4.79 Å². The largest absolute Gasteiger partial charge is 0.454 e. The van der Waals surface area contributed by atoms with Gasteiger partial charge in [0.05, 0.1) is 5.41 Å². The summed E-state index contributed by atoms with van der Waals surface area (Å²) in [6.07, 6.45) is 4.90. The number of rotatable bonds is 7. The zero-order valence-corrected chi connectivity index (χ0v) is 17.0. The minimum atomic E-state index is -0.391. The molecule has 152 valence electrons. The van der Waals surface area contributed by atoms with E-state index in [-0.39, 0.29) is 12.6 Å². The number of aryl methyl sites for hydroxylation is 1. The number of fused-ring (bicyclic) bond motifs is 1. The summed E-state index contributed by atoms with van der Waals surface area (Å²) >= 11 is 0. The number of carbonyl (C=O) groups excluding carboxylic acids is 1. The van der Waals surface area contributed by atoms with Gasteiger partial charge in [0.25, 0.3) is 0 Å². The molecule has 1 saturated carbocycles. The standard InChI is InChI=1S/C25H24N2O3/c1-2-18-5-3-4-6-20(18)27-24-10-7-17(15-26-24)13-23(28)25(11-12-25)19-8-9-21-22(14-19)30-16-29-21/h3-10,14-15H,2,11-13,16H2,1H3,(H,26,27). The third-order valence-electron chi connectivity index (χ3n) is 6.06. The quantitative estimate of drug-likeness (QED) is 0.607. The Balaban J connectivity index is 1.28. The fourth-order valence-electron chi connectivity index (χ4n) is 4.09. The molecule has 0 saturated heterocycles. The molecule has 1 fully saturated rings. The summed E-state index contributed by atoms with van der Waals surface area (Å²) in [5, 5.41) is 3.37. The lowest BCUT2D eigenvalue weighted by atomic mass is 9.88. The molecule has 5 heteroatoms. The Morgan fingerprint density at radius 1 is 1.07 bits per heavy atom. The number of carbonyl (C=O) groups is 1. The Morgan fingerprint density at radius 3 is 2.67 bits per heavy atom. The minimum absolute atomic E-state index is 0.236.